The molecule has 0 bridgehead atoms. The largest absolute Gasteiger partial charge is 0.377 e. The van der Waals surface area contributed by atoms with Crippen LogP contribution >= 0.6 is 11.8 Å². The molecule has 0 amide bonds. The Hall–Kier alpha value is 0.270. The number of ether oxygens (including phenoxy) is 1. The standard InChI is InChI=1S/C11H23NOS/c1-13-11(6-5-7-11)10-12-8-3-4-9-14-2/h12H,3-10H2,1-2H3. The smallest absolute Gasteiger partial charge is 0.0802 e. The lowest BCUT2D eigenvalue weighted by atomic mass is 9.80. The van der Waals surface area contributed by atoms with Gasteiger partial charge in [0.1, 0.15) is 0 Å². The first-order chi connectivity index (χ1) is 6.83. The van der Waals surface area contributed by atoms with E-state index in [2.05, 4.69) is 11.6 Å². The summed E-state index contributed by atoms with van der Waals surface area (Å²) in [6.45, 7) is 2.19. The van der Waals surface area contributed by atoms with Crippen molar-refractivity contribution in [3.63, 3.8) is 0 Å². The summed E-state index contributed by atoms with van der Waals surface area (Å²) in [6, 6.07) is 0. The van der Waals surface area contributed by atoms with Crippen molar-refractivity contribution in [3.8, 4) is 0 Å². The van der Waals surface area contributed by atoms with E-state index in [9.17, 15) is 0 Å². The van der Waals surface area contributed by atoms with Gasteiger partial charge in [0.15, 0.2) is 0 Å². The highest BCUT2D eigenvalue weighted by Gasteiger charge is 2.36. The van der Waals surface area contributed by atoms with Gasteiger partial charge in [-0.1, -0.05) is 0 Å². The van der Waals surface area contributed by atoms with E-state index in [4.69, 9.17) is 4.74 Å². The molecule has 3 heteroatoms. The lowest BCUT2D eigenvalue weighted by Gasteiger charge is -2.40. The molecule has 0 unspecified atom stereocenters. The molecule has 1 rings (SSSR count). The molecular weight excluding hydrogens is 194 g/mol. The molecule has 0 saturated heterocycles. The zero-order valence-corrected chi connectivity index (χ0v) is 10.3. The van der Waals surface area contributed by atoms with E-state index in [0.717, 1.165) is 13.1 Å². The molecule has 0 atom stereocenters. The molecule has 1 saturated carbocycles. The van der Waals surface area contributed by atoms with Crippen molar-refractivity contribution in [2.75, 3.05) is 32.2 Å². The van der Waals surface area contributed by atoms with Crippen LogP contribution < -0.4 is 5.32 Å². The fourth-order valence-electron chi connectivity index (χ4n) is 1.84. The van der Waals surface area contributed by atoms with Crippen molar-refractivity contribution < 1.29 is 4.74 Å². The summed E-state index contributed by atoms with van der Waals surface area (Å²) < 4.78 is 5.53. The number of hydrogen-bond acceptors (Lipinski definition) is 3. The van der Waals surface area contributed by atoms with Gasteiger partial charge in [0, 0.05) is 13.7 Å². The minimum absolute atomic E-state index is 0.194. The van der Waals surface area contributed by atoms with Gasteiger partial charge in [0.05, 0.1) is 5.60 Å². The van der Waals surface area contributed by atoms with E-state index in [1.165, 1.54) is 37.9 Å². The van der Waals surface area contributed by atoms with Crippen molar-refractivity contribution in [2.24, 2.45) is 0 Å². The lowest BCUT2D eigenvalue weighted by Crippen LogP contribution is -2.48. The predicted octanol–water partition coefficient (Wildman–Crippen LogP) is 2.29. The molecule has 0 aromatic heterocycles. The normalized spacial score (nSPS) is 19.3. The molecule has 2 nitrogen and oxygen atoms in total. The van der Waals surface area contributed by atoms with E-state index in [1.807, 2.05) is 18.9 Å². The maximum Gasteiger partial charge on any atom is 0.0802 e. The predicted molar refractivity (Wildman–Crippen MR) is 64.1 cm³/mol. The van der Waals surface area contributed by atoms with Crippen molar-refractivity contribution in [3.05, 3.63) is 0 Å². The zero-order valence-electron chi connectivity index (χ0n) is 9.47. The van der Waals surface area contributed by atoms with Gasteiger partial charge in [-0.15, -0.1) is 0 Å². The second-order valence-electron chi connectivity index (χ2n) is 4.12. The summed E-state index contributed by atoms with van der Waals surface area (Å²) in [5.41, 5.74) is 0.194. The Kier molecular flexibility index (Phi) is 5.90. The van der Waals surface area contributed by atoms with Gasteiger partial charge in [0.2, 0.25) is 0 Å². The Balaban J connectivity index is 1.92. The van der Waals surface area contributed by atoms with E-state index in [1.54, 1.807) is 0 Å². The van der Waals surface area contributed by atoms with Crippen molar-refractivity contribution in [1.29, 1.82) is 0 Å². The number of hydrogen-bond donors (Lipinski definition) is 1. The third-order valence-electron chi connectivity index (χ3n) is 3.10. The van der Waals surface area contributed by atoms with Gasteiger partial charge >= 0.3 is 0 Å². The molecule has 0 heterocycles. The Bertz CT molecular complexity index is 143. The molecule has 1 aliphatic carbocycles. The van der Waals surface area contributed by atoms with Crippen LogP contribution in [0.15, 0.2) is 0 Å². The first-order valence-electron chi connectivity index (χ1n) is 5.58. The highest BCUT2D eigenvalue weighted by atomic mass is 32.2. The zero-order chi connectivity index (χ0) is 10.3. The topological polar surface area (TPSA) is 21.3 Å². The van der Waals surface area contributed by atoms with E-state index in [-0.39, 0.29) is 5.60 Å². The molecule has 84 valence electrons. The first-order valence-corrected chi connectivity index (χ1v) is 6.97. The van der Waals surface area contributed by atoms with Crippen LogP contribution in [0.5, 0.6) is 0 Å². The van der Waals surface area contributed by atoms with Crippen molar-refractivity contribution >= 4 is 11.8 Å². The highest BCUT2D eigenvalue weighted by Crippen LogP contribution is 2.34. The fourth-order valence-corrected chi connectivity index (χ4v) is 2.33. The highest BCUT2D eigenvalue weighted by molar-refractivity contribution is 7.98. The number of nitrogens with one attached hydrogen (secondary N) is 1. The molecule has 1 N–H and O–H groups in total. The van der Waals surface area contributed by atoms with Crippen molar-refractivity contribution in [1.82, 2.24) is 5.32 Å². The minimum Gasteiger partial charge on any atom is -0.377 e. The maximum absolute atomic E-state index is 5.53. The molecular formula is C11H23NOS. The Labute approximate surface area is 92.2 Å². The van der Waals surface area contributed by atoms with Crippen LogP contribution in [0.25, 0.3) is 0 Å². The van der Waals surface area contributed by atoms with E-state index in [0.29, 0.717) is 0 Å². The molecule has 0 aromatic rings. The van der Waals surface area contributed by atoms with Crippen LogP contribution in [0.1, 0.15) is 32.1 Å². The monoisotopic (exact) mass is 217 g/mol. The Morgan fingerprint density at radius 3 is 2.64 bits per heavy atom. The Morgan fingerprint density at radius 2 is 2.14 bits per heavy atom. The second kappa shape index (κ2) is 6.70. The van der Waals surface area contributed by atoms with Crippen LogP contribution in [-0.4, -0.2) is 37.8 Å². The van der Waals surface area contributed by atoms with Gasteiger partial charge < -0.3 is 10.1 Å². The van der Waals surface area contributed by atoms with Gasteiger partial charge in [-0.3, -0.25) is 0 Å². The quantitative estimate of drug-likeness (QED) is 0.630. The summed E-state index contributed by atoms with van der Waals surface area (Å²) in [4.78, 5) is 0. The summed E-state index contributed by atoms with van der Waals surface area (Å²) in [5.74, 6) is 1.29. The molecule has 14 heavy (non-hydrogen) atoms. The van der Waals surface area contributed by atoms with E-state index >= 15 is 0 Å². The average Bonchev–Trinajstić information content (AvgIpc) is 2.15. The van der Waals surface area contributed by atoms with E-state index < -0.39 is 0 Å². The second-order valence-corrected chi connectivity index (χ2v) is 5.10. The molecule has 0 spiro atoms. The number of unbranched alkanes of at least 4 members (excludes halogenated alkanes) is 1. The molecule has 0 aliphatic heterocycles. The maximum atomic E-state index is 5.53. The third-order valence-corrected chi connectivity index (χ3v) is 3.79. The van der Waals surface area contributed by atoms with Crippen LogP contribution in [0.4, 0.5) is 0 Å². The fraction of sp³-hybridized carbons (Fsp3) is 1.00. The lowest BCUT2D eigenvalue weighted by molar-refractivity contribution is -0.0692. The van der Waals surface area contributed by atoms with Gasteiger partial charge in [0.25, 0.3) is 0 Å². The van der Waals surface area contributed by atoms with Gasteiger partial charge in [-0.25, -0.2) is 0 Å². The summed E-state index contributed by atoms with van der Waals surface area (Å²) in [7, 11) is 1.84. The Morgan fingerprint density at radius 1 is 1.36 bits per heavy atom. The summed E-state index contributed by atoms with van der Waals surface area (Å²) in [6.07, 6.45) is 8.60. The van der Waals surface area contributed by atoms with Crippen LogP contribution in [-0.2, 0) is 4.74 Å². The number of methoxy groups -OCH3 is 1. The SMILES string of the molecule is COC1(CNCCCCSC)CCC1. The molecule has 1 aliphatic rings. The molecule has 0 aromatic carbocycles. The van der Waals surface area contributed by atoms with Gasteiger partial charge in [-0.05, 0) is 50.7 Å². The minimum atomic E-state index is 0.194. The van der Waals surface area contributed by atoms with Crippen LogP contribution in [0, 0.1) is 0 Å². The first kappa shape index (κ1) is 12.3. The van der Waals surface area contributed by atoms with Gasteiger partial charge in [-0.2, -0.15) is 11.8 Å². The number of rotatable bonds is 8. The van der Waals surface area contributed by atoms with Crippen molar-refractivity contribution in [2.45, 2.75) is 37.7 Å². The van der Waals surface area contributed by atoms with Crippen LogP contribution in [0.3, 0.4) is 0 Å². The third kappa shape index (κ3) is 3.79. The summed E-state index contributed by atoms with van der Waals surface area (Å²) >= 11 is 1.93. The number of thioether (sulfide) groups is 1. The molecule has 0 radical (unpaired) electrons. The average molecular weight is 217 g/mol. The van der Waals surface area contributed by atoms with Crippen LogP contribution in [0.2, 0.25) is 0 Å². The summed E-state index contributed by atoms with van der Waals surface area (Å²) in [5, 5.41) is 3.50. The molecule has 1 fully saturated rings.